The number of thioether (sulfide) groups is 1. The number of benzene rings is 1. The molecule has 1 aromatic carbocycles. The van der Waals surface area contributed by atoms with Crippen molar-refractivity contribution in [2.45, 2.75) is 43.3 Å². The van der Waals surface area contributed by atoms with Crippen molar-refractivity contribution in [2.24, 2.45) is 0 Å². The highest BCUT2D eigenvalue weighted by atomic mass is 32.2. The maximum absolute atomic E-state index is 12.5. The zero-order valence-electron chi connectivity index (χ0n) is 17.0. The molecule has 0 spiro atoms. The zero-order valence-corrected chi connectivity index (χ0v) is 17.8. The molecule has 0 unspecified atom stereocenters. The highest BCUT2D eigenvalue weighted by Crippen LogP contribution is 2.35. The minimum absolute atomic E-state index is 0.0862. The lowest BCUT2D eigenvalue weighted by atomic mass is 9.95. The number of ether oxygens (including phenoxy) is 1. The molecule has 3 aromatic rings. The Balaban J connectivity index is 1.50. The Kier molecular flexibility index (Phi) is 6.63. The third kappa shape index (κ3) is 4.81. The maximum Gasteiger partial charge on any atom is 0.234 e. The molecule has 156 valence electrons. The van der Waals surface area contributed by atoms with Crippen LogP contribution in [-0.2, 0) is 4.79 Å². The van der Waals surface area contributed by atoms with Crippen LogP contribution in [-0.4, -0.2) is 38.5 Å². The second kappa shape index (κ2) is 9.75. The number of pyridine rings is 1. The van der Waals surface area contributed by atoms with Crippen molar-refractivity contribution in [1.82, 2.24) is 19.7 Å². The molecule has 0 bridgehead atoms. The summed E-state index contributed by atoms with van der Waals surface area (Å²) in [5.41, 5.74) is 1.71. The first kappa shape index (κ1) is 20.4. The summed E-state index contributed by atoms with van der Waals surface area (Å²) in [7, 11) is 1.61. The Morgan fingerprint density at radius 2 is 1.97 bits per heavy atom. The van der Waals surface area contributed by atoms with Gasteiger partial charge in [0.1, 0.15) is 5.75 Å². The number of aromatic nitrogens is 4. The summed E-state index contributed by atoms with van der Waals surface area (Å²) in [6, 6.07) is 11.6. The summed E-state index contributed by atoms with van der Waals surface area (Å²) in [6.07, 6.45) is 9.44. The van der Waals surface area contributed by atoms with Crippen molar-refractivity contribution in [2.75, 3.05) is 18.2 Å². The number of carbonyl (C=O) groups is 1. The van der Waals surface area contributed by atoms with E-state index < -0.39 is 0 Å². The van der Waals surface area contributed by atoms with Crippen molar-refractivity contribution in [1.29, 1.82) is 0 Å². The van der Waals surface area contributed by atoms with Crippen LogP contribution in [0.4, 0.5) is 5.69 Å². The third-order valence-electron chi connectivity index (χ3n) is 5.23. The summed E-state index contributed by atoms with van der Waals surface area (Å²) >= 11 is 1.42. The topological polar surface area (TPSA) is 81.9 Å². The van der Waals surface area contributed by atoms with Crippen LogP contribution in [0.5, 0.6) is 5.75 Å². The molecule has 7 nitrogen and oxygen atoms in total. The lowest BCUT2D eigenvalue weighted by Gasteiger charge is -2.25. The fraction of sp³-hybridized carbons (Fsp3) is 0.364. The average Bonchev–Trinajstić information content (AvgIpc) is 3.23. The van der Waals surface area contributed by atoms with Gasteiger partial charge in [-0.3, -0.25) is 14.3 Å². The summed E-state index contributed by atoms with van der Waals surface area (Å²) in [5.74, 6) is 1.73. The van der Waals surface area contributed by atoms with Crippen LogP contribution in [0.3, 0.4) is 0 Å². The number of anilines is 1. The predicted octanol–water partition coefficient (Wildman–Crippen LogP) is 4.58. The van der Waals surface area contributed by atoms with Gasteiger partial charge in [-0.05, 0) is 37.1 Å². The molecule has 0 aliphatic heterocycles. The standard InChI is InChI=1S/C22H25N5O2S/c1-29-19-9-5-6-17(14-19)24-20(28)15-30-22-26-25-21(16-10-12-23-13-11-16)27(22)18-7-3-2-4-8-18/h5-6,9-14,18H,2-4,7-8,15H2,1H3,(H,24,28). The molecular formula is C22H25N5O2S. The van der Waals surface area contributed by atoms with Gasteiger partial charge in [0.15, 0.2) is 11.0 Å². The van der Waals surface area contributed by atoms with E-state index in [1.54, 1.807) is 25.6 Å². The van der Waals surface area contributed by atoms with Gasteiger partial charge in [-0.2, -0.15) is 0 Å². The second-order valence-corrected chi connectivity index (χ2v) is 8.22. The number of amides is 1. The van der Waals surface area contributed by atoms with Gasteiger partial charge in [0.25, 0.3) is 0 Å². The van der Waals surface area contributed by atoms with Gasteiger partial charge in [-0.25, -0.2) is 0 Å². The summed E-state index contributed by atoms with van der Waals surface area (Å²) in [5, 5.41) is 12.6. The summed E-state index contributed by atoms with van der Waals surface area (Å²) in [6.45, 7) is 0. The van der Waals surface area contributed by atoms with Crippen LogP contribution in [0.2, 0.25) is 0 Å². The van der Waals surface area contributed by atoms with Gasteiger partial charge in [0, 0.05) is 35.8 Å². The molecule has 1 aliphatic carbocycles. The van der Waals surface area contributed by atoms with Crippen LogP contribution < -0.4 is 10.1 Å². The van der Waals surface area contributed by atoms with E-state index >= 15 is 0 Å². The van der Waals surface area contributed by atoms with Crippen LogP contribution in [0.25, 0.3) is 11.4 Å². The zero-order chi connectivity index (χ0) is 20.8. The fourth-order valence-electron chi connectivity index (χ4n) is 3.77. The Bertz CT molecular complexity index is 986. The van der Waals surface area contributed by atoms with Gasteiger partial charge in [0.05, 0.1) is 12.9 Å². The van der Waals surface area contributed by atoms with E-state index in [4.69, 9.17) is 4.74 Å². The summed E-state index contributed by atoms with van der Waals surface area (Å²) < 4.78 is 7.43. The SMILES string of the molecule is COc1cccc(NC(=O)CSc2nnc(-c3ccncc3)n2C2CCCCC2)c1. The molecule has 0 radical (unpaired) electrons. The second-order valence-electron chi connectivity index (χ2n) is 7.27. The smallest absolute Gasteiger partial charge is 0.234 e. The van der Waals surface area contributed by atoms with Crippen molar-refractivity contribution < 1.29 is 9.53 Å². The lowest BCUT2D eigenvalue weighted by molar-refractivity contribution is -0.113. The van der Waals surface area contributed by atoms with Crippen LogP contribution in [0.1, 0.15) is 38.1 Å². The average molecular weight is 424 g/mol. The molecule has 1 fully saturated rings. The Labute approximate surface area is 180 Å². The van der Waals surface area contributed by atoms with Gasteiger partial charge in [-0.15, -0.1) is 10.2 Å². The molecule has 1 aliphatic rings. The third-order valence-corrected chi connectivity index (χ3v) is 6.17. The first-order valence-electron chi connectivity index (χ1n) is 10.2. The van der Waals surface area contributed by atoms with E-state index in [0.29, 0.717) is 17.5 Å². The molecule has 8 heteroatoms. The van der Waals surface area contributed by atoms with Gasteiger partial charge >= 0.3 is 0 Å². The van der Waals surface area contributed by atoms with E-state index in [2.05, 4.69) is 25.1 Å². The maximum atomic E-state index is 12.5. The number of hydrogen-bond donors (Lipinski definition) is 1. The number of hydrogen-bond acceptors (Lipinski definition) is 6. The van der Waals surface area contributed by atoms with Crippen molar-refractivity contribution >= 4 is 23.4 Å². The van der Waals surface area contributed by atoms with Crippen molar-refractivity contribution in [3.8, 4) is 17.1 Å². The Morgan fingerprint density at radius 1 is 1.17 bits per heavy atom. The number of carbonyl (C=O) groups excluding carboxylic acids is 1. The van der Waals surface area contributed by atoms with Gasteiger partial charge < -0.3 is 10.1 Å². The van der Waals surface area contributed by atoms with Crippen LogP contribution >= 0.6 is 11.8 Å². The Hall–Kier alpha value is -2.87. The lowest BCUT2D eigenvalue weighted by Crippen LogP contribution is -2.17. The number of nitrogens with zero attached hydrogens (tertiary/aromatic N) is 4. The first-order valence-corrected chi connectivity index (χ1v) is 11.1. The van der Waals surface area contributed by atoms with Crippen molar-refractivity contribution in [3.63, 3.8) is 0 Å². The molecule has 0 atom stereocenters. The molecule has 1 saturated carbocycles. The number of rotatable bonds is 7. The predicted molar refractivity (Wildman–Crippen MR) is 118 cm³/mol. The summed E-state index contributed by atoms with van der Waals surface area (Å²) in [4.78, 5) is 16.6. The molecule has 2 heterocycles. The highest BCUT2D eigenvalue weighted by Gasteiger charge is 2.24. The van der Waals surface area contributed by atoms with Crippen LogP contribution in [0.15, 0.2) is 53.9 Å². The molecule has 4 rings (SSSR count). The monoisotopic (exact) mass is 423 g/mol. The van der Waals surface area contributed by atoms with E-state index in [9.17, 15) is 4.79 Å². The minimum atomic E-state index is -0.0862. The molecular weight excluding hydrogens is 398 g/mol. The molecule has 0 saturated heterocycles. The largest absolute Gasteiger partial charge is 0.497 e. The highest BCUT2D eigenvalue weighted by molar-refractivity contribution is 7.99. The minimum Gasteiger partial charge on any atom is -0.497 e. The number of nitrogens with one attached hydrogen (secondary N) is 1. The number of methoxy groups -OCH3 is 1. The van der Waals surface area contributed by atoms with Gasteiger partial charge in [-0.1, -0.05) is 37.1 Å². The van der Waals surface area contributed by atoms with Crippen LogP contribution in [0, 0.1) is 0 Å². The van der Waals surface area contributed by atoms with E-state index in [1.807, 2.05) is 30.3 Å². The Morgan fingerprint density at radius 3 is 2.73 bits per heavy atom. The molecule has 1 N–H and O–H groups in total. The van der Waals surface area contributed by atoms with Gasteiger partial charge in [0.2, 0.25) is 5.91 Å². The molecule has 2 aromatic heterocycles. The first-order chi connectivity index (χ1) is 14.7. The van der Waals surface area contributed by atoms with Crippen molar-refractivity contribution in [3.05, 3.63) is 48.8 Å². The normalized spacial score (nSPS) is 14.4. The van der Waals surface area contributed by atoms with E-state index in [1.165, 1.54) is 31.0 Å². The molecule has 30 heavy (non-hydrogen) atoms. The molecule has 1 amide bonds. The van der Waals surface area contributed by atoms with E-state index in [-0.39, 0.29) is 11.7 Å². The van der Waals surface area contributed by atoms with E-state index in [0.717, 1.165) is 29.4 Å². The fourth-order valence-corrected chi connectivity index (χ4v) is 4.58. The quantitative estimate of drug-likeness (QED) is 0.560.